The van der Waals surface area contributed by atoms with Crippen LogP contribution in [0, 0.1) is 11.3 Å². The molecule has 30 heavy (non-hydrogen) atoms. The highest BCUT2D eigenvalue weighted by Crippen LogP contribution is 2.43. The Morgan fingerprint density at radius 1 is 1.10 bits per heavy atom. The van der Waals surface area contributed by atoms with E-state index in [1.807, 2.05) is 12.1 Å². The molecule has 1 aliphatic carbocycles. The van der Waals surface area contributed by atoms with Gasteiger partial charge in [-0.25, -0.2) is 4.98 Å². The van der Waals surface area contributed by atoms with Gasteiger partial charge in [0.15, 0.2) is 0 Å². The van der Waals surface area contributed by atoms with Gasteiger partial charge in [-0.05, 0) is 75.1 Å². The molecule has 0 bridgehead atoms. The quantitative estimate of drug-likeness (QED) is 0.717. The van der Waals surface area contributed by atoms with Gasteiger partial charge in [-0.15, -0.1) is 0 Å². The summed E-state index contributed by atoms with van der Waals surface area (Å²) in [5.74, 6) is 1.58. The number of hydrogen-bond acceptors (Lipinski definition) is 4. The molecule has 0 unspecified atom stereocenters. The van der Waals surface area contributed by atoms with E-state index >= 15 is 0 Å². The summed E-state index contributed by atoms with van der Waals surface area (Å²) in [5, 5.41) is 3.06. The Hall–Kier alpha value is -1.62. The van der Waals surface area contributed by atoms with Gasteiger partial charge < -0.3 is 15.1 Å². The number of likely N-dealkylation sites (tertiary alicyclic amines) is 1. The molecule has 4 rings (SSSR count). The molecule has 1 amide bonds. The average molecular weight is 413 g/mol. The molecule has 1 aromatic rings. The summed E-state index contributed by atoms with van der Waals surface area (Å²) < 4.78 is 0. The molecule has 3 heterocycles. The molecule has 1 spiro atoms. The molecular weight excluding hydrogens is 372 g/mol. The number of anilines is 1. The lowest BCUT2D eigenvalue weighted by Gasteiger charge is -2.50. The topological polar surface area (TPSA) is 48.5 Å². The molecule has 3 fully saturated rings. The van der Waals surface area contributed by atoms with E-state index in [9.17, 15) is 4.79 Å². The second-order valence-corrected chi connectivity index (χ2v) is 9.91. The SMILES string of the molecule is CCC(CC)CNC(=O)c1ccc(N2CCC3(CC2)CCN(C2CCC2)CC3)nc1. The summed E-state index contributed by atoms with van der Waals surface area (Å²) >= 11 is 0. The van der Waals surface area contributed by atoms with E-state index in [1.165, 1.54) is 58.0 Å². The molecule has 0 radical (unpaired) electrons. The second-order valence-electron chi connectivity index (χ2n) is 9.91. The molecule has 5 heteroatoms. The van der Waals surface area contributed by atoms with Crippen LogP contribution in [0.1, 0.15) is 82.0 Å². The van der Waals surface area contributed by atoms with Crippen molar-refractivity contribution in [3.63, 3.8) is 0 Å². The van der Waals surface area contributed by atoms with Crippen LogP contribution < -0.4 is 10.2 Å². The van der Waals surface area contributed by atoms with Crippen LogP contribution in [0.15, 0.2) is 18.3 Å². The third-order valence-electron chi connectivity index (χ3n) is 8.31. The van der Waals surface area contributed by atoms with Crippen LogP contribution in [0.25, 0.3) is 0 Å². The Morgan fingerprint density at radius 3 is 2.30 bits per heavy atom. The van der Waals surface area contributed by atoms with E-state index < -0.39 is 0 Å². The van der Waals surface area contributed by atoms with Crippen molar-refractivity contribution in [2.24, 2.45) is 11.3 Å². The molecule has 3 aliphatic rings. The predicted molar refractivity (Wildman–Crippen MR) is 123 cm³/mol. The number of carbonyl (C=O) groups excluding carboxylic acids is 1. The number of hydrogen-bond donors (Lipinski definition) is 1. The second kappa shape index (κ2) is 9.67. The third kappa shape index (κ3) is 4.82. The van der Waals surface area contributed by atoms with Gasteiger partial charge in [0.1, 0.15) is 5.82 Å². The van der Waals surface area contributed by atoms with E-state index in [4.69, 9.17) is 0 Å². The fraction of sp³-hybridized carbons (Fsp3) is 0.760. The maximum Gasteiger partial charge on any atom is 0.252 e. The van der Waals surface area contributed by atoms with Gasteiger partial charge >= 0.3 is 0 Å². The maximum atomic E-state index is 12.4. The Morgan fingerprint density at radius 2 is 1.77 bits per heavy atom. The minimum Gasteiger partial charge on any atom is -0.357 e. The van der Waals surface area contributed by atoms with Crippen molar-refractivity contribution in [2.75, 3.05) is 37.6 Å². The van der Waals surface area contributed by atoms with Gasteiger partial charge in [-0.2, -0.15) is 0 Å². The monoisotopic (exact) mass is 412 g/mol. The van der Waals surface area contributed by atoms with Gasteiger partial charge in [-0.1, -0.05) is 33.1 Å². The van der Waals surface area contributed by atoms with Crippen molar-refractivity contribution < 1.29 is 4.79 Å². The van der Waals surface area contributed by atoms with Crippen LogP contribution in [-0.2, 0) is 0 Å². The first-order valence-corrected chi connectivity index (χ1v) is 12.4. The maximum absolute atomic E-state index is 12.4. The lowest BCUT2D eigenvalue weighted by Crippen LogP contribution is -2.51. The van der Waals surface area contributed by atoms with E-state index in [-0.39, 0.29) is 5.91 Å². The summed E-state index contributed by atoms with van der Waals surface area (Å²) in [5.41, 5.74) is 1.23. The minimum absolute atomic E-state index is 0.00299. The van der Waals surface area contributed by atoms with E-state index in [0.717, 1.165) is 44.3 Å². The van der Waals surface area contributed by atoms with Crippen molar-refractivity contribution in [3.05, 3.63) is 23.9 Å². The number of aromatic nitrogens is 1. The summed E-state index contributed by atoms with van der Waals surface area (Å²) in [4.78, 5) is 22.2. The summed E-state index contributed by atoms with van der Waals surface area (Å²) in [6, 6.07) is 4.87. The Bertz CT molecular complexity index is 678. The van der Waals surface area contributed by atoms with Gasteiger partial charge in [-0.3, -0.25) is 4.79 Å². The molecule has 5 nitrogen and oxygen atoms in total. The van der Waals surface area contributed by atoms with Gasteiger partial charge in [0.2, 0.25) is 0 Å². The van der Waals surface area contributed by atoms with Crippen LogP contribution in [0.3, 0.4) is 0 Å². The van der Waals surface area contributed by atoms with Crippen molar-refractivity contribution >= 4 is 11.7 Å². The van der Waals surface area contributed by atoms with Crippen molar-refractivity contribution in [1.82, 2.24) is 15.2 Å². The van der Waals surface area contributed by atoms with Crippen molar-refractivity contribution in [3.8, 4) is 0 Å². The smallest absolute Gasteiger partial charge is 0.252 e. The highest BCUT2D eigenvalue weighted by Gasteiger charge is 2.39. The number of piperidine rings is 2. The molecule has 2 saturated heterocycles. The standard InChI is InChI=1S/C25H40N4O/c1-3-20(4-2)18-27-24(30)21-8-9-23(26-19-21)29-16-12-25(13-17-29)10-14-28(15-11-25)22-6-5-7-22/h8-9,19-20,22H,3-7,10-18H2,1-2H3,(H,27,30). The molecule has 166 valence electrons. The number of rotatable bonds is 7. The molecule has 1 N–H and O–H groups in total. The summed E-state index contributed by atoms with van der Waals surface area (Å²) in [6.07, 6.45) is 13.6. The van der Waals surface area contributed by atoms with Crippen LogP contribution in [0.2, 0.25) is 0 Å². The normalized spacial score (nSPS) is 22.3. The number of nitrogens with zero attached hydrogens (tertiary/aromatic N) is 3. The zero-order valence-electron chi connectivity index (χ0n) is 19.0. The third-order valence-corrected chi connectivity index (χ3v) is 8.31. The molecule has 2 aliphatic heterocycles. The van der Waals surface area contributed by atoms with Crippen LogP contribution in [-0.4, -0.2) is 54.6 Å². The first kappa shape index (κ1) is 21.6. The largest absolute Gasteiger partial charge is 0.357 e. The zero-order chi connectivity index (χ0) is 21.0. The molecule has 0 aromatic carbocycles. The summed E-state index contributed by atoms with van der Waals surface area (Å²) in [6.45, 7) is 9.91. The first-order chi connectivity index (χ1) is 14.6. The fourth-order valence-corrected chi connectivity index (χ4v) is 5.45. The highest BCUT2D eigenvalue weighted by molar-refractivity contribution is 5.94. The number of carbonyl (C=O) groups is 1. The predicted octanol–water partition coefficient (Wildman–Crippen LogP) is 4.48. The first-order valence-electron chi connectivity index (χ1n) is 12.4. The van der Waals surface area contributed by atoms with E-state index in [0.29, 0.717) is 16.9 Å². The zero-order valence-corrected chi connectivity index (χ0v) is 19.0. The number of amides is 1. The average Bonchev–Trinajstić information content (AvgIpc) is 2.75. The number of nitrogens with one attached hydrogen (secondary N) is 1. The van der Waals surface area contributed by atoms with E-state index in [1.54, 1.807) is 6.20 Å². The van der Waals surface area contributed by atoms with Crippen LogP contribution in [0.5, 0.6) is 0 Å². The lowest BCUT2D eigenvalue weighted by atomic mass is 9.70. The van der Waals surface area contributed by atoms with Crippen LogP contribution in [0.4, 0.5) is 5.82 Å². The van der Waals surface area contributed by atoms with Crippen LogP contribution >= 0.6 is 0 Å². The highest BCUT2D eigenvalue weighted by atomic mass is 16.1. The molecular formula is C25H40N4O. The van der Waals surface area contributed by atoms with Crippen molar-refractivity contribution in [2.45, 2.75) is 77.7 Å². The van der Waals surface area contributed by atoms with Crippen molar-refractivity contribution in [1.29, 1.82) is 0 Å². The Labute approximate surface area is 182 Å². The Kier molecular flexibility index (Phi) is 6.97. The Balaban J connectivity index is 1.25. The van der Waals surface area contributed by atoms with Gasteiger partial charge in [0.05, 0.1) is 5.56 Å². The number of pyridine rings is 1. The minimum atomic E-state index is -0.00299. The molecule has 1 aromatic heterocycles. The lowest BCUT2D eigenvalue weighted by molar-refractivity contribution is 0.0305. The fourth-order valence-electron chi connectivity index (χ4n) is 5.45. The van der Waals surface area contributed by atoms with E-state index in [2.05, 4.69) is 33.9 Å². The van der Waals surface area contributed by atoms with Gasteiger partial charge in [0, 0.05) is 31.9 Å². The summed E-state index contributed by atoms with van der Waals surface area (Å²) in [7, 11) is 0. The molecule has 0 atom stereocenters. The molecule has 1 saturated carbocycles. The van der Waals surface area contributed by atoms with Gasteiger partial charge in [0.25, 0.3) is 5.91 Å².